The minimum atomic E-state index is 0.0931. The SMILES string of the molecule is CC(C)C1CCN(c2ccc(/C(N)=N/O)cn2)C1. The molecule has 0 aliphatic carbocycles. The summed E-state index contributed by atoms with van der Waals surface area (Å²) in [7, 11) is 0. The number of nitrogens with two attached hydrogens (primary N) is 1. The van der Waals surface area contributed by atoms with Crippen molar-refractivity contribution in [3.8, 4) is 0 Å². The number of hydrogen-bond acceptors (Lipinski definition) is 4. The van der Waals surface area contributed by atoms with Crippen LogP contribution in [0.3, 0.4) is 0 Å². The van der Waals surface area contributed by atoms with Crippen LogP contribution in [0.1, 0.15) is 25.8 Å². The molecule has 1 atom stereocenters. The molecule has 0 bridgehead atoms. The first kappa shape index (κ1) is 12.7. The summed E-state index contributed by atoms with van der Waals surface area (Å²) >= 11 is 0. The van der Waals surface area contributed by atoms with Crippen molar-refractivity contribution in [2.45, 2.75) is 20.3 Å². The maximum Gasteiger partial charge on any atom is 0.171 e. The van der Waals surface area contributed by atoms with Crippen LogP contribution in [0.25, 0.3) is 0 Å². The minimum absolute atomic E-state index is 0.0931. The quantitative estimate of drug-likeness (QED) is 0.369. The Hall–Kier alpha value is -1.78. The molecule has 2 rings (SSSR count). The zero-order chi connectivity index (χ0) is 13.1. The molecule has 1 unspecified atom stereocenters. The second-order valence-corrected chi connectivity index (χ2v) is 5.13. The molecule has 5 nitrogen and oxygen atoms in total. The molecule has 1 fully saturated rings. The fourth-order valence-corrected chi connectivity index (χ4v) is 2.32. The van der Waals surface area contributed by atoms with Crippen LogP contribution in [-0.4, -0.2) is 29.1 Å². The third kappa shape index (κ3) is 2.55. The van der Waals surface area contributed by atoms with E-state index in [4.69, 9.17) is 10.9 Å². The Labute approximate surface area is 107 Å². The molecular weight excluding hydrogens is 228 g/mol. The third-order valence-corrected chi connectivity index (χ3v) is 3.64. The van der Waals surface area contributed by atoms with Gasteiger partial charge in [0.05, 0.1) is 0 Å². The molecule has 98 valence electrons. The molecule has 1 saturated heterocycles. The maximum atomic E-state index is 8.59. The number of oxime groups is 1. The molecule has 5 heteroatoms. The molecule has 0 spiro atoms. The molecule has 0 saturated carbocycles. The molecule has 0 aromatic carbocycles. The lowest BCUT2D eigenvalue weighted by Gasteiger charge is -2.19. The summed E-state index contributed by atoms with van der Waals surface area (Å²) in [5.74, 6) is 2.52. The van der Waals surface area contributed by atoms with Crippen LogP contribution >= 0.6 is 0 Å². The van der Waals surface area contributed by atoms with E-state index in [0.717, 1.165) is 24.8 Å². The van der Waals surface area contributed by atoms with E-state index < -0.39 is 0 Å². The van der Waals surface area contributed by atoms with Gasteiger partial charge in [0.1, 0.15) is 5.82 Å². The van der Waals surface area contributed by atoms with Crippen molar-refractivity contribution in [3.05, 3.63) is 23.9 Å². The van der Waals surface area contributed by atoms with E-state index in [2.05, 4.69) is 28.9 Å². The number of aromatic nitrogens is 1. The highest BCUT2D eigenvalue weighted by atomic mass is 16.4. The molecule has 1 aliphatic heterocycles. The van der Waals surface area contributed by atoms with Crippen molar-refractivity contribution in [2.24, 2.45) is 22.7 Å². The number of hydrogen-bond donors (Lipinski definition) is 2. The topological polar surface area (TPSA) is 74.7 Å². The Balaban J connectivity index is 2.07. The van der Waals surface area contributed by atoms with Crippen LogP contribution in [0.5, 0.6) is 0 Å². The third-order valence-electron chi connectivity index (χ3n) is 3.64. The van der Waals surface area contributed by atoms with Gasteiger partial charge in [0, 0.05) is 24.8 Å². The lowest BCUT2D eigenvalue weighted by molar-refractivity contribution is 0.318. The average Bonchev–Trinajstić information content (AvgIpc) is 2.88. The Morgan fingerprint density at radius 2 is 2.33 bits per heavy atom. The van der Waals surface area contributed by atoms with Crippen molar-refractivity contribution >= 4 is 11.7 Å². The highest BCUT2D eigenvalue weighted by Gasteiger charge is 2.25. The Morgan fingerprint density at radius 3 is 2.83 bits per heavy atom. The van der Waals surface area contributed by atoms with Crippen LogP contribution in [0.2, 0.25) is 0 Å². The van der Waals surface area contributed by atoms with Crippen molar-refractivity contribution in [3.63, 3.8) is 0 Å². The normalized spacial score (nSPS) is 20.7. The highest BCUT2D eigenvalue weighted by molar-refractivity contribution is 5.96. The number of amidine groups is 1. The largest absolute Gasteiger partial charge is 0.409 e. The van der Waals surface area contributed by atoms with E-state index in [1.165, 1.54) is 6.42 Å². The van der Waals surface area contributed by atoms with Gasteiger partial charge >= 0.3 is 0 Å². The van der Waals surface area contributed by atoms with Crippen LogP contribution in [0.15, 0.2) is 23.5 Å². The molecule has 1 aliphatic rings. The minimum Gasteiger partial charge on any atom is -0.409 e. The van der Waals surface area contributed by atoms with Gasteiger partial charge in [0.25, 0.3) is 0 Å². The number of anilines is 1. The molecule has 0 radical (unpaired) electrons. The summed E-state index contributed by atoms with van der Waals surface area (Å²) in [6.45, 7) is 6.65. The zero-order valence-electron chi connectivity index (χ0n) is 10.9. The Morgan fingerprint density at radius 1 is 1.56 bits per heavy atom. The van der Waals surface area contributed by atoms with Crippen LogP contribution < -0.4 is 10.6 Å². The molecule has 2 heterocycles. The fourth-order valence-electron chi connectivity index (χ4n) is 2.32. The molecule has 0 amide bonds. The first-order valence-corrected chi connectivity index (χ1v) is 6.30. The van der Waals surface area contributed by atoms with Gasteiger partial charge in [-0.15, -0.1) is 0 Å². The maximum absolute atomic E-state index is 8.59. The van der Waals surface area contributed by atoms with E-state index in [0.29, 0.717) is 11.5 Å². The Kier molecular flexibility index (Phi) is 3.69. The van der Waals surface area contributed by atoms with Crippen LogP contribution in [0.4, 0.5) is 5.82 Å². The summed E-state index contributed by atoms with van der Waals surface area (Å²) < 4.78 is 0. The summed E-state index contributed by atoms with van der Waals surface area (Å²) in [4.78, 5) is 6.67. The van der Waals surface area contributed by atoms with Gasteiger partial charge in [0.15, 0.2) is 5.84 Å². The van der Waals surface area contributed by atoms with Gasteiger partial charge < -0.3 is 15.8 Å². The standard InChI is InChI=1S/C13H20N4O/c1-9(2)11-5-6-17(8-11)12-4-3-10(7-15-12)13(14)16-18/h3-4,7,9,11,18H,5-6,8H2,1-2H3,(H2,14,16). The molecule has 1 aromatic heterocycles. The van der Waals surface area contributed by atoms with Gasteiger partial charge in [-0.05, 0) is 30.4 Å². The van der Waals surface area contributed by atoms with E-state index in [1.807, 2.05) is 12.1 Å². The zero-order valence-corrected chi connectivity index (χ0v) is 10.9. The van der Waals surface area contributed by atoms with Crippen molar-refractivity contribution in [1.29, 1.82) is 0 Å². The number of rotatable bonds is 3. The summed E-state index contributed by atoms with van der Waals surface area (Å²) in [5.41, 5.74) is 6.15. The summed E-state index contributed by atoms with van der Waals surface area (Å²) in [6.07, 6.45) is 2.87. The highest BCUT2D eigenvalue weighted by Crippen LogP contribution is 2.26. The molecule has 1 aromatic rings. The van der Waals surface area contributed by atoms with Gasteiger partial charge in [-0.1, -0.05) is 19.0 Å². The van der Waals surface area contributed by atoms with E-state index in [9.17, 15) is 0 Å². The average molecular weight is 248 g/mol. The van der Waals surface area contributed by atoms with Crippen molar-refractivity contribution in [1.82, 2.24) is 4.98 Å². The van der Waals surface area contributed by atoms with Crippen LogP contribution in [0, 0.1) is 11.8 Å². The fraction of sp³-hybridized carbons (Fsp3) is 0.538. The van der Waals surface area contributed by atoms with E-state index in [-0.39, 0.29) is 5.84 Å². The van der Waals surface area contributed by atoms with Gasteiger partial charge in [-0.2, -0.15) is 0 Å². The van der Waals surface area contributed by atoms with Crippen LogP contribution in [-0.2, 0) is 0 Å². The van der Waals surface area contributed by atoms with Gasteiger partial charge in [-0.25, -0.2) is 4.98 Å². The first-order chi connectivity index (χ1) is 8.61. The van der Waals surface area contributed by atoms with Gasteiger partial charge in [0.2, 0.25) is 0 Å². The second kappa shape index (κ2) is 5.25. The predicted molar refractivity (Wildman–Crippen MR) is 71.9 cm³/mol. The smallest absolute Gasteiger partial charge is 0.171 e. The van der Waals surface area contributed by atoms with Crippen molar-refractivity contribution < 1.29 is 5.21 Å². The first-order valence-electron chi connectivity index (χ1n) is 6.30. The summed E-state index contributed by atoms with van der Waals surface area (Å²) in [5, 5.41) is 11.6. The van der Waals surface area contributed by atoms with E-state index >= 15 is 0 Å². The monoisotopic (exact) mass is 248 g/mol. The van der Waals surface area contributed by atoms with Crippen molar-refractivity contribution in [2.75, 3.05) is 18.0 Å². The molecule has 3 N–H and O–H groups in total. The predicted octanol–water partition coefficient (Wildman–Crippen LogP) is 1.66. The number of nitrogens with zero attached hydrogens (tertiary/aromatic N) is 3. The molecular formula is C13H20N4O. The lowest BCUT2D eigenvalue weighted by atomic mass is 9.95. The summed E-state index contributed by atoms with van der Waals surface area (Å²) in [6, 6.07) is 3.76. The lowest BCUT2D eigenvalue weighted by Crippen LogP contribution is -2.22. The molecule has 18 heavy (non-hydrogen) atoms. The second-order valence-electron chi connectivity index (χ2n) is 5.13. The van der Waals surface area contributed by atoms with E-state index in [1.54, 1.807) is 6.20 Å². The van der Waals surface area contributed by atoms with Gasteiger partial charge in [-0.3, -0.25) is 0 Å². The number of pyridine rings is 1. The Bertz CT molecular complexity index is 427.